The van der Waals surface area contributed by atoms with Crippen LogP contribution >= 0.6 is 0 Å². The second kappa shape index (κ2) is 5.41. The fourth-order valence-electron chi connectivity index (χ4n) is 2.09. The number of aryl methyl sites for hydroxylation is 1. The lowest BCUT2D eigenvalue weighted by Gasteiger charge is -2.39. The second-order valence-corrected chi connectivity index (χ2v) is 6.78. The Hall–Kier alpha value is -2.00. The average Bonchev–Trinajstić information content (AvgIpc) is 2.93. The molecule has 1 aliphatic heterocycles. The van der Waals surface area contributed by atoms with Crippen LogP contribution in [0.1, 0.15) is 5.69 Å². The lowest BCUT2D eigenvalue weighted by Crippen LogP contribution is -2.51. The van der Waals surface area contributed by atoms with Crippen LogP contribution in [0.15, 0.2) is 34.0 Å². The summed E-state index contributed by atoms with van der Waals surface area (Å²) < 4.78 is 30.9. The minimum atomic E-state index is -3.53. The van der Waals surface area contributed by atoms with E-state index in [-0.39, 0.29) is 10.8 Å². The summed E-state index contributed by atoms with van der Waals surface area (Å²) in [4.78, 5) is 2.10. The van der Waals surface area contributed by atoms with Gasteiger partial charge in [0, 0.05) is 25.6 Å². The first kappa shape index (κ1) is 14.0. The van der Waals surface area contributed by atoms with Gasteiger partial charge in [-0.2, -0.15) is 5.10 Å². The number of rotatable bonds is 5. The third-order valence-electron chi connectivity index (χ3n) is 3.35. The van der Waals surface area contributed by atoms with Crippen molar-refractivity contribution >= 4 is 15.8 Å². The van der Waals surface area contributed by atoms with Crippen molar-refractivity contribution in [3.63, 3.8) is 0 Å². The molecule has 3 heterocycles. The van der Waals surface area contributed by atoms with Gasteiger partial charge in [0.2, 0.25) is 10.0 Å². The van der Waals surface area contributed by atoms with Gasteiger partial charge in [0.05, 0.1) is 11.9 Å². The van der Waals surface area contributed by atoms with Crippen molar-refractivity contribution in [1.29, 1.82) is 0 Å². The maximum absolute atomic E-state index is 11.9. The van der Waals surface area contributed by atoms with Crippen LogP contribution in [0.5, 0.6) is 0 Å². The molecule has 112 valence electrons. The molecule has 0 atom stereocenters. The van der Waals surface area contributed by atoms with E-state index >= 15 is 0 Å². The van der Waals surface area contributed by atoms with E-state index < -0.39 is 10.0 Å². The van der Waals surface area contributed by atoms with E-state index in [4.69, 9.17) is 0 Å². The molecule has 0 amide bonds. The van der Waals surface area contributed by atoms with Crippen molar-refractivity contribution in [3.8, 4) is 0 Å². The maximum atomic E-state index is 11.9. The van der Waals surface area contributed by atoms with Gasteiger partial charge < -0.3 is 9.42 Å². The highest BCUT2D eigenvalue weighted by Crippen LogP contribution is 2.22. The SMILES string of the molecule is Cc1ccc(N2CC(CNS(=O)(=O)c3cnoc3)C2)nn1. The van der Waals surface area contributed by atoms with E-state index in [0.717, 1.165) is 30.9 Å². The summed E-state index contributed by atoms with van der Waals surface area (Å²) in [5.74, 6) is 1.07. The largest absolute Gasteiger partial charge is 0.363 e. The average molecular weight is 309 g/mol. The molecule has 0 unspecified atom stereocenters. The first-order valence-corrected chi connectivity index (χ1v) is 7.97. The number of hydrogen-bond acceptors (Lipinski definition) is 7. The second-order valence-electron chi connectivity index (χ2n) is 5.02. The van der Waals surface area contributed by atoms with Gasteiger partial charge in [-0.05, 0) is 19.1 Å². The summed E-state index contributed by atoms with van der Waals surface area (Å²) in [5, 5.41) is 11.5. The molecule has 0 aromatic carbocycles. The van der Waals surface area contributed by atoms with E-state index in [9.17, 15) is 8.42 Å². The third kappa shape index (κ3) is 3.03. The summed E-state index contributed by atoms with van der Waals surface area (Å²) in [6.07, 6.45) is 2.29. The molecule has 0 bridgehead atoms. The van der Waals surface area contributed by atoms with Crippen LogP contribution in [-0.2, 0) is 10.0 Å². The van der Waals surface area contributed by atoms with Crippen LogP contribution in [0.25, 0.3) is 0 Å². The van der Waals surface area contributed by atoms with Crippen LogP contribution in [-0.4, -0.2) is 43.4 Å². The standard InChI is InChI=1S/C12H15N5O3S/c1-9-2-3-12(16-15-9)17-6-10(7-17)4-14-21(18,19)11-5-13-20-8-11/h2-3,5,8,10,14H,4,6-7H2,1H3. The van der Waals surface area contributed by atoms with Gasteiger partial charge in [0.15, 0.2) is 5.82 Å². The van der Waals surface area contributed by atoms with Crippen LogP contribution in [0.3, 0.4) is 0 Å². The summed E-state index contributed by atoms with van der Waals surface area (Å²) in [5.41, 5.74) is 0.873. The molecule has 1 saturated heterocycles. The fourth-order valence-corrected chi connectivity index (χ4v) is 3.06. The van der Waals surface area contributed by atoms with Crippen LogP contribution in [0.2, 0.25) is 0 Å². The molecular weight excluding hydrogens is 294 g/mol. The first-order valence-electron chi connectivity index (χ1n) is 6.49. The van der Waals surface area contributed by atoms with Gasteiger partial charge >= 0.3 is 0 Å². The molecule has 0 spiro atoms. The number of nitrogens with one attached hydrogen (secondary N) is 1. The maximum Gasteiger partial charge on any atom is 0.245 e. The van der Waals surface area contributed by atoms with E-state index in [1.807, 2.05) is 19.1 Å². The van der Waals surface area contributed by atoms with Gasteiger partial charge in [-0.15, -0.1) is 5.10 Å². The number of hydrogen-bond donors (Lipinski definition) is 1. The lowest BCUT2D eigenvalue weighted by atomic mass is 10.0. The van der Waals surface area contributed by atoms with E-state index in [2.05, 4.69) is 29.5 Å². The molecule has 1 fully saturated rings. The van der Waals surface area contributed by atoms with Gasteiger partial charge in [-0.25, -0.2) is 13.1 Å². The van der Waals surface area contributed by atoms with Crippen LogP contribution < -0.4 is 9.62 Å². The minimum absolute atomic E-state index is 0.0445. The smallest absolute Gasteiger partial charge is 0.245 e. The molecule has 1 N–H and O–H groups in total. The molecule has 8 nitrogen and oxygen atoms in total. The molecule has 0 radical (unpaired) electrons. The molecule has 2 aromatic heterocycles. The van der Waals surface area contributed by atoms with Gasteiger partial charge in [-0.1, -0.05) is 5.16 Å². The topological polar surface area (TPSA) is 101 Å². The van der Waals surface area contributed by atoms with Crippen molar-refractivity contribution in [2.24, 2.45) is 5.92 Å². The number of sulfonamides is 1. The molecule has 1 aliphatic rings. The normalized spacial score (nSPS) is 16.0. The summed E-state index contributed by atoms with van der Waals surface area (Å²) in [7, 11) is -3.53. The van der Waals surface area contributed by atoms with E-state index in [0.29, 0.717) is 6.54 Å². The molecule has 0 saturated carbocycles. The Balaban J connectivity index is 1.50. The minimum Gasteiger partial charge on any atom is -0.363 e. The zero-order chi connectivity index (χ0) is 14.9. The highest BCUT2D eigenvalue weighted by molar-refractivity contribution is 7.89. The zero-order valence-corrected chi connectivity index (χ0v) is 12.2. The summed E-state index contributed by atoms with van der Waals surface area (Å²) >= 11 is 0. The van der Waals surface area contributed by atoms with E-state index in [1.165, 1.54) is 6.20 Å². The van der Waals surface area contributed by atoms with Crippen molar-refractivity contribution in [2.45, 2.75) is 11.8 Å². The molecule has 21 heavy (non-hydrogen) atoms. The Morgan fingerprint density at radius 3 is 2.81 bits per heavy atom. The van der Waals surface area contributed by atoms with Crippen LogP contribution in [0.4, 0.5) is 5.82 Å². The quantitative estimate of drug-likeness (QED) is 0.841. The molecular formula is C12H15N5O3S. The first-order chi connectivity index (χ1) is 10.0. The lowest BCUT2D eigenvalue weighted by molar-refractivity contribution is 0.401. The number of anilines is 1. The highest BCUT2D eigenvalue weighted by atomic mass is 32.2. The van der Waals surface area contributed by atoms with Gasteiger partial charge in [0.1, 0.15) is 11.2 Å². The predicted molar refractivity (Wildman–Crippen MR) is 74.2 cm³/mol. The third-order valence-corrected chi connectivity index (χ3v) is 4.72. The Bertz CT molecular complexity index is 693. The fraction of sp³-hybridized carbons (Fsp3) is 0.417. The molecule has 3 rings (SSSR count). The predicted octanol–water partition coefficient (Wildman–Crippen LogP) is 0.188. The highest BCUT2D eigenvalue weighted by Gasteiger charge is 2.29. The Labute approximate surface area is 122 Å². The number of nitrogens with zero attached hydrogens (tertiary/aromatic N) is 4. The molecule has 0 aliphatic carbocycles. The Kier molecular flexibility index (Phi) is 3.60. The summed E-state index contributed by atoms with van der Waals surface area (Å²) in [6, 6.07) is 3.82. The van der Waals surface area contributed by atoms with Crippen molar-refractivity contribution < 1.29 is 12.9 Å². The summed E-state index contributed by atoms with van der Waals surface area (Å²) in [6.45, 7) is 3.77. The van der Waals surface area contributed by atoms with Gasteiger partial charge in [-0.3, -0.25) is 0 Å². The Morgan fingerprint density at radius 1 is 1.38 bits per heavy atom. The van der Waals surface area contributed by atoms with Crippen LogP contribution in [0, 0.1) is 12.8 Å². The van der Waals surface area contributed by atoms with Gasteiger partial charge in [0.25, 0.3) is 0 Å². The zero-order valence-electron chi connectivity index (χ0n) is 11.4. The van der Waals surface area contributed by atoms with E-state index in [1.54, 1.807) is 0 Å². The Morgan fingerprint density at radius 2 is 2.19 bits per heavy atom. The monoisotopic (exact) mass is 309 g/mol. The number of aromatic nitrogens is 3. The van der Waals surface area contributed by atoms with Crippen molar-refractivity contribution in [2.75, 3.05) is 24.5 Å². The van der Waals surface area contributed by atoms with Crippen molar-refractivity contribution in [1.82, 2.24) is 20.1 Å². The molecule has 2 aromatic rings. The van der Waals surface area contributed by atoms with Crippen molar-refractivity contribution in [3.05, 3.63) is 30.3 Å². The molecule has 9 heteroatoms.